The third kappa shape index (κ3) is 4.21. The summed E-state index contributed by atoms with van der Waals surface area (Å²) in [6.07, 6.45) is 1.40. The molecule has 0 radical (unpaired) electrons. The highest BCUT2D eigenvalue weighted by atomic mass is 35.5. The number of hydrogen-bond acceptors (Lipinski definition) is 4. The maximum Gasteiger partial charge on any atom is 0.276 e. The molecule has 0 amide bonds. The van der Waals surface area contributed by atoms with Crippen molar-refractivity contribution >= 4 is 27.8 Å². The van der Waals surface area contributed by atoms with Crippen LogP contribution in [0.3, 0.4) is 0 Å². The summed E-state index contributed by atoms with van der Waals surface area (Å²) in [7, 11) is -2.15. The summed E-state index contributed by atoms with van der Waals surface area (Å²) in [5.74, 6) is 0.666. The summed E-state index contributed by atoms with van der Waals surface area (Å²) in [5.41, 5.74) is 0.716. The van der Waals surface area contributed by atoms with Crippen molar-refractivity contribution in [1.82, 2.24) is 4.83 Å². The van der Waals surface area contributed by atoms with Crippen molar-refractivity contribution in [2.75, 3.05) is 7.11 Å². The molecule has 0 unspecified atom stereocenters. The molecule has 0 bridgehead atoms. The third-order valence-corrected chi connectivity index (χ3v) is 4.09. The van der Waals surface area contributed by atoms with Crippen LogP contribution in [0, 0.1) is 0 Å². The Bertz CT molecular complexity index is 743. The van der Waals surface area contributed by atoms with Crippen molar-refractivity contribution in [2.24, 2.45) is 5.10 Å². The van der Waals surface area contributed by atoms with Gasteiger partial charge in [0.2, 0.25) is 0 Å². The summed E-state index contributed by atoms with van der Waals surface area (Å²) < 4.78 is 29.0. The normalized spacial score (nSPS) is 11.5. The summed E-state index contributed by atoms with van der Waals surface area (Å²) in [5, 5.41) is 4.20. The standard InChI is InChI=1S/C14H13ClN2O3S/c1-20-13-4-2-3-11(9-13)10-16-17-21(18,19)14-7-5-12(15)6-8-14/h2-10,17H,1H3/b16-10-. The molecule has 0 aliphatic heterocycles. The van der Waals surface area contributed by atoms with Gasteiger partial charge in [-0.1, -0.05) is 23.7 Å². The van der Waals surface area contributed by atoms with Crippen LogP contribution in [0.1, 0.15) is 5.56 Å². The molecular formula is C14H13ClN2O3S. The molecule has 1 N–H and O–H groups in total. The first-order valence-electron chi connectivity index (χ1n) is 5.96. The molecular weight excluding hydrogens is 312 g/mol. The van der Waals surface area contributed by atoms with Crippen molar-refractivity contribution in [3.05, 3.63) is 59.1 Å². The van der Waals surface area contributed by atoms with E-state index in [1.807, 2.05) is 0 Å². The molecule has 2 aromatic carbocycles. The minimum absolute atomic E-state index is 0.0923. The van der Waals surface area contributed by atoms with E-state index in [9.17, 15) is 8.42 Å². The number of hydrazone groups is 1. The fourth-order valence-corrected chi connectivity index (χ4v) is 2.48. The largest absolute Gasteiger partial charge is 0.497 e. The number of benzene rings is 2. The maximum atomic E-state index is 12.0. The van der Waals surface area contributed by atoms with Gasteiger partial charge in [0.1, 0.15) is 5.75 Å². The predicted octanol–water partition coefficient (Wildman–Crippen LogP) is 2.66. The highest BCUT2D eigenvalue weighted by molar-refractivity contribution is 7.89. The molecule has 0 aliphatic rings. The van der Waals surface area contributed by atoms with Gasteiger partial charge in [-0.05, 0) is 42.0 Å². The molecule has 0 aliphatic carbocycles. The van der Waals surface area contributed by atoms with E-state index in [-0.39, 0.29) is 4.90 Å². The number of sulfonamides is 1. The van der Waals surface area contributed by atoms with Crippen LogP contribution in [0.15, 0.2) is 58.5 Å². The van der Waals surface area contributed by atoms with E-state index in [0.29, 0.717) is 16.3 Å². The highest BCUT2D eigenvalue weighted by Gasteiger charge is 2.11. The Morgan fingerprint density at radius 3 is 2.57 bits per heavy atom. The van der Waals surface area contributed by atoms with Gasteiger partial charge in [-0.3, -0.25) is 0 Å². The fourth-order valence-electron chi connectivity index (χ4n) is 1.56. The number of nitrogens with one attached hydrogen (secondary N) is 1. The van der Waals surface area contributed by atoms with Gasteiger partial charge in [-0.2, -0.15) is 13.5 Å². The van der Waals surface area contributed by atoms with Crippen molar-refractivity contribution in [3.63, 3.8) is 0 Å². The molecule has 0 aromatic heterocycles. The van der Waals surface area contributed by atoms with Crippen molar-refractivity contribution < 1.29 is 13.2 Å². The molecule has 0 fully saturated rings. The minimum Gasteiger partial charge on any atom is -0.497 e. The van der Waals surface area contributed by atoms with Gasteiger partial charge in [-0.15, -0.1) is 0 Å². The van der Waals surface area contributed by atoms with Crippen LogP contribution in [0.5, 0.6) is 5.75 Å². The van der Waals surface area contributed by atoms with Crippen LogP contribution in [-0.4, -0.2) is 21.7 Å². The number of ether oxygens (including phenoxy) is 1. The average Bonchev–Trinajstić information content (AvgIpc) is 2.48. The average molecular weight is 325 g/mol. The molecule has 110 valence electrons. The lowest BCUT2D eigenvalue weighted by atomic mass is 10.2. The molecule has 5 nitrogen and oxygen atoms in total. The molecule has 2 rings (SSSR count). The number of hydrogen-bond donors (Lipinski definition) is 1. The molecule has 2 aromatic rings. The number of halogens is 1. The smallest absolute Gasteiger partial charge is 0.276 e. The van der Waals surface area contributed by atoms with Gasteiger partial charge in [0.15, 0.2) is 0 Å². The quantitative estimate of drug-likeness (QED) is 0.679. The molecule has 0 atom stereocenters. The second-order valence-corrected chi connectivity index (χ2v) is 6.18. The van der Waals surface area contributed by atoms with E-state index < -0.39 is 10.0 Å². The highest BCUT2D eigenvalue weighted by Crippen LogP contribution is 2.14. The summed E-state index contributed by atoms with van der Waals surface area (Å²) in [4.78, 5) is 2.23. The van der Waals surface area contributed by atoms with Crippen LogP contribution in [-0.2, 0) is 10.0 Å². The van der Waals surface area contributed by atoms with Crippen molar-refractivity contribution in [3.8, 4) is 5.75 Å². The van der Waals surface area contributed by atoms with E-state index in [1.165, 1.54) is 30.5 Å². The number of methoxy groups -OCH3 is 1. The number of nitrogens with zero attached hydrogens (tertiary/aromatic N) is 1. The van der Waals surface area contributed by atoms with Gasteiger partial charge >= 0.3 is 0 Å². The van der Waals surface area contributed by atoms with Gasteiger partial charge in [0.25, 0.3) is 10.0 Å². The van der Waals surface area contributed by atoms with E-state index in [1.54, 1.807) is 31.4 Å². The van der Waals surface area contributed by atoms with Crippen LogP contribution in [0.4, 0.5) is 0 Å². The fraction of sp³-hybridized carbons (Fsp3) is 0.0714. The first-order valence-corrected chi connectivity index (χ1v) is 7.82. The summed E-state index contributed by atoms with van der Waals surface area (Å²) in [6, 6.07) is 12.9. The van der Waals surface area contributed by atoms with Crippen LogP contribution in [0.2, 0.25) is 5.02 Å². The van der Waals surface area contributed by atoms with Crippen molar-refractivity contribution in [1.29, 1.82) is 0 Å². The second-order valence-electron chi connectivity index (χ2n) is 4.08. The zero-order chi connectivity index (χ0) is 15.3. The Hall–Kier alpha value is -2.05. The van der Waals surface area contributed by atoms with E-state index in [2.05, 4.69) is 9.93 Å². The van der Waals surface area contributed by atoms with Gasteiger partial charge in [0.05, 0.1) is 18.2 Å². The van der Waals surface area contributed by atoms with Gasteiger partial charge in [-0.25, -0.2) is 4.83 Å². The lowest BCUT2D eigenvalue weighted by molar-refractivity contribution is 0.415. The Balaban J connectivity index is 2.10. The molecule has 0 saturated heterocycles. The van der Waals surface area contributed by atoms with Crippen LogP contribution < -0.4 is 9.57 Å². The Morgan fingerprint density at radius 2 is 1.90 bits per heavy atom. The van der Waals surface area contributed by atoms with Gasteiger partial charge < -0.3 is 4.74 Å². The molecule has 21 heavy (non-hydrogen) atoms. The number of rotatable bonds is 5. The Kier molecular flexibility index (Phi) is 4.82. The van der Waals surface area contributed by atoms with Crippen molar-refractivity contribution in [2.45, 2.75) is 4.90 Å². The lowest BCUT2D eigenvalue weighted by Crippen LogP contribution is -2.18. The Morgan fingerprint density at radius 1 is 1.19 bits per heavy atom. The van der Waals surface area contributed by atoms with Crippen LogP contribution >= 0.6 is 11.6 Å². The summed E-state index contributed by atoms with van der Waals surface area (Å²) in [6.45, 7) is 0. The Labute approximate surface area is 128 Å². The zero-order valence-electron chi connectivity index (χ0n) is 11.2. The topological polar surface area (TPSA) is 67.8 Å². The SMILES string of the molecule is COc1cccc(/C=N\NS(=O)(=O)c2ccc(Cl)cc2)c1. The van der Waals surface area contributed by atoms with E-state index >= 15 is 0 Å². The maximum absolute atomic E-state index is 12.0. The molecule has 0 heterocycles. The summed E-state index contributed by atoms with van der Waals surface area (Å²) >= 11 is 5.72. The monoisotopic (exact) mass is 324 g/mol. The first-order chi connectivity index (χ1) is 10.0. The first kappa shape index (κ1) is 15.3. The van der Waals surface area contributed by atoms with Gasteiger partial charge in [0, 0.05) is 5.02 Å². The zero-order valence-corrected chi connectivity index (χ0v) is 12.7. The minimum atomic E-state index is -3.70. The van der Waals surface area contributed by atoms with E-state index in [0.717, 1.165) is 0 Å². The molecule has 7 heteroatoms. The molecule has 0 saturated carbocycles. The van der Waals surface area contributed by atoms with E-state index in [4.69, 9.17) is 16.3 Å². The molecule has 0 spiro atoms. The van der Waals surface area contributed by atoms with Crippen LogP contribution in [0.25, 0.3) is 0 Å². The predicted molar refractivity (Wildman–Crippen MR) is 82.4 cm³/mol. The third-order valence-electron chi connectivity index (χ3n) is 2.60. The second kappa shape index (κ2) is 6.60. The lowest BCUT2D eigenvalue weighted by Gasteiger charge is -2.03.